The van der Waals surface area contributed by atoms with Crippen molar-refractivity contribution in [3.63, 3.8) is 0 Å². The Morgan fingerprint density at radius 2 is 1.00 bits per heavy atom. The van der Waals surface area contributed by atoms with Crippen LogP contribution in [0.25, 0.3) is 0 Å². The Hall–Kier alpha value is 0.130. The molecule has 0 saturated carbocycles. The van der Waals surface area contributed by atoms with E-state index in [9.17, 15) is 21.6 Å². The van der Waals surface area contributed by atoms with Crippen LogP contribution in [0.15, 0.2) is 0 Å². The fraction of sp³-hybridized carbons (Fsp3) is 1.00. The Kier molecular flexibility index (Phi) is 14.2. The van der Waals surface area contributed by atoms with Gasteiger partial charge in [0.25, 0.3) is 0 Å². The van der Waals surface area contributed by atoms with Gasteiger partial charge in [-0.05, 0) is 0 Å². The van der Waals surface area contributed by atoms with E-state index in [1.54, 1.807) is 0 Å². The average molecular weight is 437 g/mol. The van der Waals surface area contributed by atoms with Crippen molar-refractivity contribution in [3.8, 4) is 0 Å². The molecule has 0 unspecified atom stereocenters. The molecule has 0 fully saturated rings. The van der Waals surface area contributed by atoms with Gasteiger partial charge in [-0.2, -0.15) is 0 Å². The minimum atomic E-state index is -5.52. The van der Waals surface area contributed by atoms with Crippen LogP contribution in [0.1, 0.15) is 97.8 Å². The third kappa shape index (κ3) is 11.7. The Morgan fingerprint density at radius 1 is 0.667 bits per heavy atom. The van der Waals surface area contributed by atoms with Crippen LogP contribution < -0.4 is 0 Å². The van der Waals surface area contributed by atoms with Gasteiger partial charge in [0.2, 0.25) is 0 Å². The quantitative estimate of drug-likeness (QED) is 0.137. The van der Waals surface area contributed by atoms with Crippen molar-refractivity contribution >= 4 is 17.6 Å². The first-order chi connectivity index (χ1) is 12.6. The number of halogens is 3. The summed E-state index contributed by atoms with van der Waals surface area (Å²) in [7, 11) is -8.52. The van der Waals surface area contributed by atoms with Gasteiger partial charge in [-0.3, -0.25) is 0 Å². The van der Waals surface area contributed by atoms with Crippen molar-refractivity contribution in [1.82, 2.24) is 0 Å². The summed E-state index contributed by atoms with van der Waals surface area (Å²) in [6, 6.07) is 0. The second-order valence-electron chi connectivity index (χ2n) is 7.60. The zero-order valence-electron chi connectivity index (χ0n) is 17.4. The van der Waals surface area contributed by atoms with E-state index in [2.05, 4.69) is 20.8 Å². The molecule has 0 aromatic rings. The van der Waals surface area contributed by atoms with Crippen molar-refractivity contribution < 1.29 is 25.6 Å². The molecule has 27 heavy (non-hydrogen) atoms. The van der Waals surface area contributed by atoms with Gasteiger partial charge in [0.15, 0.2) is 0 Å². The van der Waals surface area contributed by atoms with Crippen LogP contribution in [0.3, 0.4) is 0 Å². The van der Waals surface area contributed by atoms with Crippen molar-refractivity contribution in [2.24, 2.45) is 0 Å². The van der Waals surface area contributed by atoms with E-state index >= 15 is 0 Å². The molecule has 0 aliphatic heterocycles. The van der Waals surface area contributed by atoms with E-state index in [1.165, 1.54) is 0 Å². The molecule has 3 nitrogen and oxygen atoms in total. The fourth-order valence-corrected chi connectivity index (χ4v) is 10.1. The summed E-state index contributed by atoms with van der Waals surface area (Å²) in [5, 5.41) is 0. The van der Waals surface area contributed by atoms with Crippen LogP contribution in [0.4, 0.5) is 13.2 Å². The number of alkyl halides is 3. The molecule has 0 bridgehead atoms. The molecule has 0 heterocycles. The first-order valence-electron chi connectivity index (χ1n) is 10.7. The summed E-state index contributed by atoms with van der Waals surface area (Å²) < 4.78 is 67.8. The molecule has 0 aromatic carbocycles. The first kappa shape index (κ1) is 27.1. The Morgan fingerprint density at radius 3 is 1.26 bits per heavy atom. The molecule has 0 rings (SSSR count). The first-order valence-corrected chi connectivity index (χ1v) is 14.6. The monoisotopic (exact) mass is 436 g/mol. The summed E-state index contributed by atoms with van der Waals surface area (Å²) in [5.41, 5.74) is -5.33. The van der Waals surface area contributed by atoms with Gasteiger partial charge in [-0.15, -0.1) is 0 Å². The molecule has 0 amide bonds. The third-order valence-electron chi connectivity index (χ3n) is 5.03. The topological polar surface area (TPSA) is 43.4 Å². The van der Waals surface area contributed by atoms with Crippen molar-refractivity contribution in [1.29, 1.82) is 0 Å². The van der Waals surface area contributed by atoms with Crippen LogP contribution in [0, 0.1) is 0 Å². The van der Waals surface area contributed by atoms with Crippen LogP contribution in [-0.2, 0) is 14.1 Å². The Balaban J connectivity index is 5.32. The second-order valence-corrected chi connectivity index (χ2v) is 13.5. The van der Waals surface area contributed by atoms with Gasteiger partial charge in [-0.1, -0.05) is 0 Å². The number of hydrogen-bond acceptors (Lipinski definition) is 3. The summed E-state index contributed by atoms with van der Waals surface area (Å²) in [6.45, 7) is 6.22. The molecule has 0 aliphatic carbocycles. The molecule has 0 radical (unpaired) electrons. The maximum atomic E-state index is 13.0. The average Bonchev–Trinajstić information content (AvgIpc) is 2.58. The predicted molar refractivity (Wildman–Crippen MR) is 111 cm³/mol. The van der Waals surface area contributed by atoms with E-state index in [0.29, 0.717) is 18.5 Å². The Labute approximate surface area is 165 Å². The molecule has 0 N–H and O–H groups in total. The number of unbranched alkanes of at least 4 members (excludes halogenated alkanes) is 9. The van der Waals surface area contributed by atoms with Gasteiger partial charge in [0.05, 0.1) is 0 Å². The zero-order valence-corrected chi connectivity index (χ0v) is 19.2. The van der Waals surface area contributed by atoms with Crippen LogP contribution in [0.2, 0.25) is 0 Å². The molecule has 0 spiro atoms. The van der Waals surface area contributed by atoms with Crippen LogP contribution in [0.5, 0.6) is 0 Å². The van der Waals surface area contributed by atoms with Crippen molar-refractivity contribution in [2.45, 2.75) is 103 Å². The zero-order chi connectivity index (χ0) is 20.8. The second kappa shape index (κ2) is 14.2. The summed E-state index contributed by atoms with van der Waals surface area (Å²) in [6.07, 6.45) is 12.7. The van der Waals surface area contributed by atoms with Crippen LogP contribution in [-0.4, -0.2) is 32.4 Å². The van der Waals surface area contributed by atoms with Crippen LogP contribution >= 0.6 is 7.49 Å². The van der Waals surface area contributed by atoms with Gasteiger partial charge in [-0.25, -0.2) is 0 Å². The van der Waals surface area contributed by atoms with Gasteiger partial charge >= 0.3 is 165 Å². The molecule has 166 valence electrons. The molecule has 0 aliphatic rings. The molecule has 8 heteroatoms. The molecular formula is C19H40F3O3PS. The van der Waals surface area contributed by atoms with Gasteiger partial charge < -0.3 is 0 Å². The third-order valence-corrected chi connectivity index (χ3v) is 11.7. The number of rotatable bonds is 17. The maximum absolute atomic E-state index is 13.0. The predicted octanol–water partition coefficient (Wildman–Crippen LogP) is 7.26. The molecule has 0 aromatic heterocycles. The van der Waals surface area contributed by atoms with E-state index in [-0.39, 0.29) is 0 Å². The molecule has 0 saturated heterocycles. The molecular weight excluding hydrogens is 396 g/mol. The summed E-state index contributed by atoms with van der Waals surface area (Å²) in [5.74, 6) is 0. The summed E-state index contributed by atoms with van der Waals surface area (Å²) in [4.78, 5) is 0. The van der Waals surface area contributed by atoms with E-state index in [4.69, 9.17) is 3.97 Å². The van der Waals surface area contributed by atoms with Gasteiger partial charge in [0.1, 0.15) is 0 Å². The van der Waals surface area contributed by atoms with E-state index in [0.717, 1.165) is 77.0 Å². The standard InChI is InChI=1S/C19H40F3O3PS/c1-4-7-10-13-16-26(17-14-11-8-5-2,18-15-12-9-6-3)25-27(23,24)19(20,21)22/h26H,4-18H2,1-3H3. The summed E-state index contributed by atoms with van der Waals surface area (Å²) >= 11 is 0. The Bertz CT molecular complexity index is 436. The normalized spacial score (nSPS) is 13.9. The van der Waals surface area contributed by atoms with E-state index in [1.807, 2.05) is 0 Å². The number of hydrogen-bond donors (Lipinski definition) is 0. The van der Waals surface area contributed by atoms with Crippen molar-refractivity contribution in [3.05, 3.63) is 0 Å². The van der Waals surface area contributed by atoms with Gasteiger partial charge in [0, 0.05) is 0 Å². The van der Waals surface area contributed by atoms with Crippen molar-refractivity contribution in [2.75, 3.05) is 18.5 Å². The SMILES string of the molecule is CCCCCC[PH](CCCCCC)(CCCCCC)OS(=O)(=O)C(F)(F)F. The minimum absolute atomic E-state index is 0.514. The van der Waals surface area contributed by atoms with E-state index < -0.39 is 23.1 Å². The fourth-order valence-electron chi connectivity index (χ4n) is 3.40. The molecule has 0 atom stereocenters.